The summed E-state index contributed by atoms with van der Waals surface area (Å²) in [6.45, 7) is 3.59. The minimum atomic E-state index is -0.631. The van der Waals surface area contributed by atoms with Crippen molar-refractivity contribution in [2.24, 2.45) is 0 Å². The van der Waals surface area contributed by atoms with Gasteiger partial charge in [0, 0.05) is 11.4 Å². The largest absolute Gasteiger partial charge is 0.396 e. The molecule has 2 rings (SSSR count). The Balaban J connectivity index is 2.28. The van der Waals surface area contributed by atoms with E-state index in [1.165, 1.54) is 18.2 Å². The molecule has 3 N–H and O–H groups in total. The van der Waals surface area contributed by atoms with Crippen molar-refractivity contribution >= 4 is 17.5 Å². The lowest BCUT2D eigenvalue weighted by molar-refractivity contribution is 0.102. The fourth-order valence-electron chi connectivity index (χ4n) is 1.69. The molecule has 0 bridgehead atoms. The van der Waals surface area contributed by atoms with Gasteiger partial charge in [0.15, 0.2) is 0 Å². The molecular weight excluding hydrogens is 247 g/mol. The van der Waals surface area contributed by atoms with Crippen molar-refractivity contribution in [3.05, 3.63) is 47.0 Å². The van der Waals surface area contributed by atoms with Crippen LogP contribution in [-0.2, 0) is 0 Å². The van der Waals surface area contributed by atoms with E-state index in [2.05, 4.69) is 15.3 Å². The van der Waals surface area contributed by atoms with E-state index in [1.807, 2.05) is 0 Å². The Bertz CT molecular complexity index is 622. The van der Waals surface area contributed by atoms with Crippen LogP contribution >= 0.6 is 0 Å². The second-order valence-electron chi connectivity index (χ2n) is 4.13. The van der Waals surface area contributed by atoms with Crippen molar-refractivity contribution in [2.45, 2.75) is 13.8 Å². The Labute approximate surface area is 109 Å². The van der Waals surface area contributed by atoms with Gasteiger partial charge < -0.3 is 5.73 Å². The first-order valence-electron chi connectivity index (χ1n) is 5.65. The van der Waals surface area contributed by atoms with Gasteiger partial charge in [-0.05, 0) is 32.0 Å². The van der Waals surface area contributed by atoms with E-state index in [4.69, 9.17) is 5.73 Å². The molecular formula is C13H13FN4O. The topological polar surface area (TPSA) is 80.9 Å². The van der Waals surface area contributed by atoms with E-state index in [0.29, 0.717) is 0 Å². The number of amides is 1. The molecule has 0 spiro atoms. The number of carbonyl (C=O) groups excluding carboxylic acids is 1. The molecule has 0 atom stereocenters. The normalized spacial score (nSPS) is 10.3. The summed E-state index contributed by atoms with van der Waals surface area (Å²) in [5.41, 5.74) is 6.85. The van der Waals surface area contributed by atoms with Crippen LogP contribution in [0.25, 0.3) is 0 Å². The summed E-state index contributed by atoms with van der Waals surface area (Å²) in [5.74, 6) is -0.998. The average Bonchev–Trinajstić information content (AvgIpc) is 2.31. The highest BCUT2D eigenvalue weighted by Gasteiger charge is 2.14. The lowest BCUT2D eigenvalue weighted by atomic mass is 10.1. The molecule has 98 valence electrons. The summed E-state index contributed by atoms with van der Waals surface area (Å²) < 4.78 is 13.3. The Hall–Kier alpha value is -2.50. The standard InChI is InChI=1S/C13H13FN4O/c1-7-6-8(2)17-13(16-7)18-12(19)9-4-3-5-10(14)11(9)15/h3-6H,15H2,1-2H3,(H,16,17,18,19). The van der Waals surface area contributed by atoms with Crippen molar-refractivity contribution in [3.8, 4) is 0 Å². The first-order valence-corrected chi connectivity index (χ1v) is 5.65. The zero-order valence-electron chi connectivity index (χ0n) is 10.6. The van der Waals surface area contributed by atoms with Crippen molar-refractivity contribution in [2.75, 3.05) is 11.1 Å². The van der Waals surface area contributed by atoms with Crippen LogP contribution in [0, 0.1) is 19.7 Å². The fourth-order valence-corrected chi connectivity index (χ4v) is 1.69. The van der Waals surface area contributed by atoms with Gasteiger partial charge in [-0.2, -0.15) is 0 Å². The zero-order valence-corrected chi connectivity index (χ0v) is 10.6. The van der Waals surface area contributed by atoms with Crippen LogP contribution in [-0.4, -0.2) is 15.9 Å². The van der Waals surface area contributed by atoms with E-state index in [9.17, 15) is 9.18 Å². The molecule has 0 unspecified atom stereocenters. The third-order valence-corrected chi connectivity index (χ3v) is 2.51. The number of nitrogen functional groups attached to an aromatic ring is 1. The highest BCUT2D eigenvalue weighted by Crippen LogP contribution is 2.17. The predicted molar refractivity (Wildman–Crippen MR) is 70.3 cm³/mol. The summed E-state index contributed by atoms with van der Waals surface area (Å²) in [7, 11) is 0. The van der Waals surface area contributed by atoms with Crippen LogP contribution in [0.3, 0.4) is 0 Å². The fraction of sp³-hybridized carbons (Fsp3) is 0.154. The van der Waals surface area contributed by atoms with Gasteiger partial charge in [0.1, 0.15) is 5.82 Å². The summed E-state index contributed by atoms with van der Waals surface area (Å²) >= 11 is 0. The van der Waals surface area contributed by atoms with Crippen LogP contribution in [0.1, 0.15) is 21.7 Å². The Morgan fingerprint density at radius 2 is 1.89 bits per heavy atom. The summed E-state index contributed by atoms with van der Waals surface area (Å²) in [5, 5.41) is 2.50. The Morgan fingerprint density at radius 3 is 2.53 bits per heavy atom. The molecule has 5 nitrogen and oxygen atoms in total. The monoisotopic (exact) mass is 260 g/mol. The van der Waals surface area contributed by atoms with E-state index in [0.717, 1.165) is 11.4 Å². The minimum Gasteiger partial charge on any atom is -0.396 e. The lowest BCUT2D eigenvalue weighted by Crippen LogP contribution is -2.17. The quantitative estimate of drug-likeness (QED) is 0.810. The second kappa shape index (κ2) is 5.01. The van der Waals surface area contributed by atoms with Crippen LogP contribution in [0.15, 0.2) is 24.3 Å². The van der Waals surface area contributed by atoms with E-state index in [-0.39, 0.29) is 17.2 Å². The number of para-hydroxylation sites is 1. The number of nitrogens with zero attached hydrogens (tertiary/aromatic N) is 2. The molecule has 1 heterocycles. The van der Waals surface area contributed by atoms with Crippen molar-refractivity contribution in [1.82, 2.24) is 9.97 Å². The molecule has 0 saturated heterocycles. The number of nitrogens with one attached hydrogen (secondary N) is 1. The third kappa shape index (κ3) is 2.85. The van der Waals surface area contributed by atoms with Gasteiger partial charge in [0.05, 0.1) is 11.3 Å². The van der Waals surface area contributed by atoms with Crippen LogP contribution in [0.2, 0.25) is 0 Å². The van der Waals surface area contributed by atoms with E-state index >= 15 is 0 Å². The Kier molecular flexibility index (Phi) is 3.41. The smallest absolute Gasteiger partial charge is 0.260 e. The zero-order chi connectivity index (χ0) is 14.0. The molecule has 0 saturated carbocycles. The van der Waals surface area contributed by atoms with Gasteiger partial charge in [-0.25, -0.2) is 14.4 Å². The SMILES string of the molecule is Cc1cc(C)nc(NC(=O)c2cccc(F)c2N)n1. The molecule has 0 radical (unpaired) electrons. The molecule has 6 heteroatoms. The minimum absolute atomic E-state index is 0.0581. The maximum Gasteiger partial charge on any atom is 0.260 e. The molecule has 1 aromatic heterocycles. The summed E-state index contributed by atoms with van der Waals surface area (Å²) in [6.07, 6.45) is 0. The number of halogens is 1. The highest BCUT2D eigenvalue weighted by atomic mass is 19.1. The maximum atomic E-state index is 13.3. The molecule has 1 amide bonds. The van der Waals surface area contributed by atoms with Gasteiger partial charge in [-0.15, -0.1) is 0 Å². The highest BCUT2D eigenvalue weighted by molar-refractivity contribution is 6.06. The number of carbonyl (C=O) groups is 1. The molecule has 1 aromatic carbocycles. The van der Waals surface area contributed by atoms with Gasteiger partial charge >= 0.3 is 0 Å². The lowest BCUT2D eigenvalue weighted by Gasteiger charge is -2.07. The first-order chi connectivity index (χ1) is 8.97. The number of hydrogen-bond acceptors (Lipinski definition) is 4. The van der Waals surface area contributed by atoms with Crippen molar-refractivity contribution < 1.29 is 9.18 Å². The van der Waals surface area contributed by atoms with E-state index in [1.54, 1.807) is 19.9 Å². The van der Waals surface area contributed by atoms with Crippen LogP contribution in [0.4, 0.5) is 16.0 Å². The average molecular weight is 260 g/mol. The molecule has 19 heavy (non-hydrogen) atoms. The number of rotatable bonds is 2. The van der Waals surface area contributed by atoms with Gasteiger partial charge in [0.25, 0.3) is 5.91 Å². The van der Waals surface area contributed by atoms with Crippen molar-refractivity contribution in [1.29, 1.82) is 0 Å². The van der Waals surface area contributed by atoms with E-state index < -0.39 is 11.7 Å². The molecule has 2 aromatic rings. The van der Waals surface area contributed by atoms with Crippen LogP contribution < -0.4 is 11.1 Å². The number of anilines is 2. The number of hydrogen-bond donors (Lipinski definition) is 2. The number of nitrogens with two attached hydrogens (primary N) is 1. The van der Waals surface area contributed by atoms with Gasteiger partial charge in [0.2, 0.25) is 5.95 Å². The van der Waals surface area contributed by atoms with Gasteiger partial charge in [-0.3, -0.25) is 10.1 Å². The molecule has 0 aliphatic rings. The maximum absolute atomic E-state index is 13.3. The number of aromatic nitrogens is 2. The molecule has 0 aliphatic heterocycles. The Morgan fingerprint density at radius 1 is 1.26 bits per heavy atom. The predicted octanol–water partition coefficient (Wildman–Crippen LogP) is 2.07. The molecule has 0 fully saturated rings. The number of aryl methyl sites for hydroxylation is 2. The first kappa shape index (κ1) is 12.9. The molecule has 0 aliphatic carbocycles. The van der Waals surface area contributed by atoms with Crippen LogP contribution in [0.5, 0.6) is 0 Å². The second-order valence-corrected chi connectivity index (χ2v) is 4.13. The summed E-state index contributed by atoms with van der Waals surface area (Å²) in [6, 6.07) is 5.84. The summed E-state index contributed by atoms with van der Waals surface area (Å²) in [4.78, 5) is 20.1. The van der Waals surface area contributed by atoms with Gasteiger partial charge in [-0.1, -0.05) is 6.07 Å². The third-order valence-electron chi connectivity index (χ3n) is 2.51. The number of benzene rings is 1. The van der Waals surface area contributed by atoms with Crippen molar-refractivity contribution in [3.63, 3.8) is 0 Å².